The predicted molar refractivity (Wildman–Crippen MR) is 45.1 cm³/mol. The van der Waals surface area contributed by atoms with E-state index < -0.39 is 16.9 Å². The highest BCUT2D eigenvalue weighted by Crippen LogP contribution is 2.00. The normalized spacial score (nSPS) is 14.3. The first kappa shape index (κ1) is 10.7. The number of hydrogen-bond donors (Lipinski definition) is 2. The summed E-state index contributed by atoms with van der Waals surface area (Å²) in [7, 11) is 0. The van der Waals surface area contributed by atoms with Crippen molar-refractivity contribution < 1.29 is 9.35 Å². The van der Waals surface area contributed by atoms with Crippen LogP contribution in [0.3, 0.4) is 0 Å². The molecular formula is C6H14N2O2S. The van der Waals surface area contributed by atoms with Gasteiger partial charge in [-0.2, -0.15) is 4.72 Å². The van der Waals surface area contributed by atoms with E-state index in [4.69, 9.17) is 5.73 Å². The first-order valence-electron chi connectivity index (χ1n) is 3.26. The van der Waals surface area contributed by atoms with E-state index in [0.717, 1.165) is 0 Å². The van der Waals surface area contributed by atoms with Crippen molar-refractivity contribution in [2.75, 3.05) is 5.75 Å². The number of amides is 1. The number of carbonyl (C=O) groups excluding carboxylic acids is 1. The Hall–Kier alpha value is -0.260. The molecule has 4 nitrogen and oxygen atoms in total. The summed E-state index contributed by atoms with van der Waals surface area (Å²) in [6.45, 7) is 4.83. The lowest BCUT2D eigenvalue weighted by Gasteiger charge is -2.19. The van der Waals surface area contributed by atoms with Gasteiger partial charge in [0.15, 0.2) is 0 Å². The molecule has 3 N–H and O–H groups in total. The third-order valence-electron chi connectivity index (χ3n) is 0.761. The molecule has 0 aromatic heterocycles. The van der Waals surface area contributed by atoms with Crippen molar-refractivity contribution in [1.82, 2.24) is 4.72 Å². The molecule has 0 rings (SSSR count). The minimum atomic E-state index is -1.34. The van der Waals surface area contributed by atoms with Crippen LogP contribution in [0.1, 0.15) is 20.8 Å². The van der Waals surface area contributed by atoms with Gasteiger partial charge in [-0.1, -0.05) is 0 Å². The van der Waals surface area contributed by atoms with E-state index in [-0.39, 0.29) is 11.7 Å². The molecule has 11 heavy (non-hydrogen) atoms. The van der Waals surface area contributed by atoms with E-state index in [1.165, 1.54) is 6.92 Å². The maximum Gasteiger partial charge on any atom is 0.258 e. The summed E-state index contributed by atoms with van der Waals surface area (Å²) in [5, 5.41) is 0. The van der Waals surface area contributed by atoms with Crippen LogP contribution in [0.15, 0.2) is 0 Å². The van der Waals surface area contributed by atoms with Gasteiger partial charge in [-0.05, 0) is 13.8 Å². The summed E-state index contributed by atoms with van der Waals surface area (Å²) in [5.41, 5.74) is 5.06. The van der Waals surface area contributed by atoms with Crippen LogP contribution in [-0.2, 0) is 16.2 Å². The molecule has 1 amide bonds. The summed E-state index contributed by atoms with van der Waals surface area (Å²) in [6, 6.07) is 0. The summed E-state index contributed by atoms with van der Waals surface area (Å²) in [4.78, 5) is 10.4. The number of carbonyl (C=O) groups is 1. The molecular weight excluding hydrogens is 164 g/mol. The smallest absolute Gasteiger partial charge is 0.258 e. The Labute approximate surface area is 69.8 Å². The molecule has 0 saturated carbocycles. The van der Waals surface area contributed by atoms with E-state index >= 15 is 0 Å². The predicted octanol–water partition coefficient (Wildman–Crippen LogP) is -0.476. The lowest BCUT2D eigenvalue weighted by Crippen LogP contribution is -2.45. The molecule has 0 aliphatic rings. The lowest BCUT2D eigenvalue weighted by atomic mass is 10.1. The molecule has 0 heterocycles. The van der Waals surface area contributed by atoms with Crippen LogP contribution in [0.4, 0.5) is 0 Å². The fourth-order valence-electron chi connectivity index (χ4n) is 0.534. The molecule has 0 saturated heterocycles. The maximum absolute atomic E-state index is 11.0. The van der Waals surface area contributed by atoms with Gasteiger partial charge in [0.05, 0.1) is 16.9 Å². The van der Waals surface area contributed by atoms with Crippen molar-refractivity contribution in [3.05, 3.63) is 0 Å². The maximum atomic E-state index is 11.0. The summed E-state index contributed by atoms with van der Waals surface area (Å²) >= 11 is -1.34. The number of hydrogen-bond acceptors (Lipinski definition) is 3. The van der Waals surface area contributed by atoms with Gasteiger partial charge < -0.3 is 10.3 Å². The summed E-state index contributed by atoms with van der Waals surface area (Å²) < 4.78 is 13.2. The molecule has 0 aromatic rings. The fraction of sp³-hybridized carbons (Fsp3) is 0.833. The molecule has 5 heteroatoms. The third kappa shape index (κ3) is 7.64. The quantitative estimate of drug-likeness (QED) is 0.573. The molecule has 0 aromatic carbocycles. The Morgan fingerprint density at radius 2 is 2.18 bits per heavy atom. The second-order valence-electron chi connectivity index (χ2n) is 3.14. The van der Waals surface area contributed by atoms with Gasteiger partial charge in [0.1, 0.15) is 5.75 Å². The van der Waals surface area contributed by atoms with Crippen LogP contribution in [0.5, 0.6) is 0 Å². The Kier molecular flexibility index (Phi) is 3.85. The van der Waals surface area contributed by atoms with E-state index in [0.29, 0.717) is 0 Å². The van der Waals surface area contributed by atoms with E-state index in [1.807, 2.05) is 0 Å². The van der Waals surface area contributed by atoms with Crippen LogP contribution in [0.2, 0.25) is 0 Å². The van der Waals surface area contributed by atoms with Gasteiger partial charge in [0, 0.05) is 6.92 Å². The van der Waals surface area contributed by atoms with Crippen LogP contribution in [-0.4, -0.2) is 21.8 Å². The van der Waals surface area contributed by atoms with Gasteiger partial charge in [-0.15, -0.1) is 0 Å². The molecule has 66 valence electrons. The van der Waals surface area contributed by atoms with Gasteiger partial charge in [-0.3, -0.25) is 4.79 Å². The van der Waals surface area contributed by atoms with Crippen molar-refractivity contribution in [3.8, 4) is 0 Å². The van der Waals surface area contributed by atoms with Crippen LogP contribution in [0, 0.1) is 0 Å². The second kappa shape index (κ2) is 3.94. The molecule has 1 unspecified atom stereocenters. The number of rotatable bonds is 3. The second-order valence-corrected chi connectivity index (χ2v) is 4.32. The van der Waals surface area contributed by atoms with Gasteiger partial charge >= 0.3 is 0 Å². The van der Waals surface area contributed by atoms with Crippen molar-refractivity contribution in [3.63, 3.8) is 0 Å². The van der Waals surface area contributed by atoms with Gasteiger partial charge in [-0.25, -0.2) is 0 Å². The van der Waals surface area contributed by atoms with Crippen LogP contribution < -0.4 is 10.5 Å². The first-order chi connectivity index (χ1) is 4.81. The Bertz CT molecular complexity index is 144. The van der Waals surface area contributed by atoms with Crippen LogP contribution >= 0.6 is 0 Å². The highest BCUT2D eigenvalue weighted by atomic mass is 32.2. The van der Waals surface area contributed by atoms with Gasteiger partial charge in [0.2, 0.25) is 0 Å². The topological polar surface area (TPSA) is 78.2 Å². The zero-order valence-corrected chi connectivity index (χ0v) is 7.83. The summed E-state index contributed by atoms with van der Waals surface area (Å²) in [6.07, 6.45) is 0. The van der Waals surface area contributed by atoms with E-state index in [2.05, 4.69) is 4.72 Å². The Morgan fingerprint density at radius 1 is 1.73 bits per heavy atom. The molecule has 0 spiro atoms. The molecule has 1 atom stereocenters. The standard InChI is InChI=1S/C6H14N2O2S/c1-5(9)8-11(10)4-6(2,3)7/h4,7H2,1-3H3,(H,8,9). The minimum Gasteiger partial charge on any atom is -0.593 e. The van der Waals surface area contributed by atoms with E-state index in [9.17, 15) is 9.35 Å². The third-order valence-corrected chi connectivity index (χ3v) is 2.28. The van der Waals surface area contributed by atoms with Gasteiger partial charge in [0.25, 0.3) is 5.91 Å². The molecule has 0 aliphatic carbocycles. The largest absolute Gasteiger partial charge is 0.593 e. The number of nitrogens with two attached hydrogens (primary N) is 1. The van der Waals surface area contributed by atoms with E-state index in [1.54, 1.807) is 13.8 Å². The van der Waals surface area contributed by atoms with Crippen molar-refractivity contribution in [1.29, 1.82) is 0 Å². The molecule has 0 fully saturated rings. The Morgan fingerprint density at radius 3 is 2.45 bits per heavy atom. The van der Waals surface area contributed by atoms with Crippen molar-refractivity contribution >= 4 is 17.3 Å². The SMILES string of the molecule is CC(=O)N[S+]([O-])CC(C)(C)N. The highest BCUT2D eigenvalue weighted by molar-refractivity contribution is 7.90. The molecule has 0 aliphatic heterocycles. The zero-order chi connectivity index (χ0) is 9.07. The zero-order valence-electron chi connectivity index (χ0n) is 7.01. The monoisotopic (exact) mass is 178 g/mol. The van der Waals surface area contributed by atoms with Crippen molar-refractivity contribution in [2.45, 2.75) is 26.3 Å². The average Bonchev–Trinajstić information content (AvgIpc) is 1.53. The molecule has 0 bridgehead atoms. The lowest BCUT2D eigenvalue weighted by molar-refractivity contribution is -0.117. The summed E-state index contributed by atoms with van der Waals surface area (Å²) in [5.74, 6) is -0.0281. The average molecular weight is 178 g/mol. The Balaban J connectivity index is 3.69. The van der Waals surface area contributed by atoms with Crippen molar-refractivity contribution in [2.24, 2.45) is 5.73 Å². The fourth-order valence-corrected chi connectivity index (χ4v) is 1.60. The number of nitrogens with one attached hydrogen (secondary N) is 1. The highest BCUT2D eigenvalue weighted by Gasteiger charge is 2.20. The minimum absolute atomic E-state index is 0.270. The van der Waals surface area contributed by atoms with Crippen LogP contribution in [0.25, 0.3) is 0 Å². The first-order valence-corrected chi connectivity index (χ1v) is 4.57. The molecule has 0 radical (unpaired) electrons.